The third kappa shape index (κ3) is 3.49. The van der Waals surface area contributed by atoms with E-state index in [1.54, 1.807) is 22.2 Å². The maximum absolute atomic E-state index is 12.5. The van der Waals surface area contributed by atoms with Gasteiger partial charge < -0.3 is 14.7 Å². The van der Waals surface area contributed by atoms with E-state index in [0.717, 1.165) is 25.2 Å². The Balaban J connectivity index is 1.65. The van der Waals surface area contributed by atoms with Gasteiger partial charge in [-0.25, -0.2) is 9.97 Å². The molecule has 2 amide bonds. The van der Waals surface area contributed by atoms with Gasteiger partial charge in [0.1, 0.15) is 11.5 Å². The average Bonchev–Trinajstić information content (AvgIpc) is 2.67. The molecule has 0 bridgehead atoms. The van der Waals surface area contributed by atoms with Gasteiger partial charge in [0.15, 0.2) is 0 Å². The maximum atomic E-state index is 12.5. The van der Waals surface area contributed by atoms with E-state index >= 15 is 0 Å². The molecule has 130 valence electrons. The zero-order valence-corrected chi connectivity index (χ0v) is 14.2. The van der Waals surface area contributed by atoms with Crippen LogP contribution in [-0.2, 0) is 4.79 Å². The summed E-state index contributed by atoms with van der Waals surface area (Å²) >= 11 is 0. The zero-order valence-electron chi connectivity index (χ0n) is 14.2. The van der Waals surface area contributed by atoms with Crippen molar-refractivity contribution in [3.8, 4) is 0 Å². The number of nitrogens with zero attached hydrogens (tertiary/aromatic N) is 5. The van der Waals surface area contributed by atoms with Crippen molar-refractivity contribution >= 4 is 18.1 Å². The monoisotopic (exact) mass is 331 g/mol. The van der Waals surface area contributed by atoms with Gasteiger partial charge in [0, 0.05) is 38.8 Å². The number of carbonyl (C=O) groups excluding carboxylic acids is 2. The lowest BCUT2D eigenvalue weighted by atomic mass is 10.0. The highest BCUT2D eigenvalue weighted by Crippen LogP contribution is 2.24. The number of amides is 2. The van der Waals surface area contributed by atoms with E-state index < -0.39 is 0 Å². The molecule has 0 aromatic carbocycles. The Hall–Kier alpha value is -2.18. The van der Waals surface area contributed by atoms with Gasteiger partial charge in [-0.2, -0.15) is 0 Å². The number of hydrogen-bond donors (Lipinski definition) is 0. The number of piperazine rings is 1. The number of rotatable bonds is 4. The number of hydrogen-bond acceptors (Lipinski definition) is 5. The number of carbonyl (C=O) groups is 2. The highest BCUT2D eigenvalue weighted by molar-refractivity contribution is 5.92. The van der Waals surface area contributed by atoms with Crippen molar-refractivity contribution in [2.75, 3.05) is 37.6 Å². The predicted octanol–water partition coefficient (Wildman–Crippen LogP) is 1.16. The van der Waals surface area contributed by atoms with Crippen LogP contribution in [0.25, 0.3) is 0 Å². The molecule has 7 heteroatoms. The Bertz CT molecular complexity index is 569. The second-order valence-electron chi connectivity index (χ2n) is 6.44. The fraction of sp³-hybridized carbons (Fsp3) is 0.647. The SMILES string of the molecule is CCC1CCCCN1c1cnc(C(=O)N2CCN(C=O)CC2)cn1. The summed E-state index contributed by atoms with van der Waals surface area (Å²) in [6, 6.07) is 0.519. The molecule has 3 rings (SSSR count). The topological polar surface area (TPSA) is 69.6 Å². The van der Waals surface area contributed by atoms with Crippen LogP contribution in [0.4, 0.5) is 5.82 Å². The van der Waals surface area contributed by atoms with Gasteiger partial charge in [0.05, 0.1) is 12.4 Å². The molecule has 0 N–H and O–H groups in total. The smallest absolute Gasteiger partial charge is 0.274 e. The number of aromatic nitrogens is 2. The van der Waals surface area contributed by atoms with E-state index in [0.29, 0.717) is 37.9 Å². The first-order valence-electron chi connectivity index (χ1n) is 8.80. The van der Waals surface area contributed by atoms with E-state index in [2.05, 4.69) is 21.8 Å². The van der Waals surface area contributed by atoms with Crippen LogP contribution in [0.2, 0.25) is 0 Å². The Labute approximate surface area is 142 Å². The van der Waals surface area contributed by atoms with Crippen molar-refractivity contribution in [1.29, 1.82) is 0 Å². The van der Waals surface area contributed by atoms with Gasteiger partial charge in [-0.15, -0.1) is 0 Å². The first-order chi connectivity index (χ1) is 11.7. The Morgan fingerprint density at radius 2 is 1.96 bits per heavy atom. The van der Waals surface area contributed by atoms with Gasteiger partial charge >= 0.3 is 0 Å². The van der Waals surface area contributed by atoms with E-state index in [9.17, 15) is 9.59 Å². The minimum atomic E-state index is -0.106. The summed E-state index contributed by atoms with van der Waals surface area (Å²) in [6.07, 6.45) is 8.89. The van der Waals surface area contributed by atoms with E-state index in [1.165, 1.54) is 19.3 Å². The number of anilines is 1. The molecule has 2 aliphatic heterocycles. The molecular formula is C17H25N5O2. The second-order valence-corrected chi connectivity index (χ2v) is 6.44. The van der Waals surface area contributed by atoms with Crippen molar-refractivity contribution in [3.63, 3.8) is 0 Å². The second kappa shape index (κ2) is 7.59. The van der Waals surface area contributed by atoms with Crippen molar-refractivity contribution in [3.05, 3.63) is 18.1 Å². The van der Waals surface area contributed by atoms with Crippen molar-refractivity contribution in [2.45, 2.75) is 38.6 Å². The maximum Gasteiger partial charge on any atom is 0.274 e. The molecule has 7 nitrogen and oxygen atoms in total. The van der Waals surface area contributed by atoms with Crippen LogP contribution in [0.3, 0.4) is 0 Å². The quantitative estimate of drug-likeness (QED) is 0.775. The summed E-state index contributed by atoms with van der Waals surface area (Å²) in [5, 5.41) is 0. The lowest BCUT2D eigenvalue weighted by molar-refractivity contribution is -0.119. The highest BCUT2D eigenvalue weighted by Gasteiger charge is 2.25. The van der Waals surface area contributed by atoms with Crippen LogP contribution in [-0.4, -0.2) is 70.9 Å². The lowest BCUT2D eigenvalue weighted by Gasteiger charge is -2.36. The van der Waals surface area contributed by atoms with Gasteiger partial charge in [0.2, 0.25) is 6.41 Å². The first-order valence-corrected chi connectivity index (χ1v) is 8.80. The molecule has 0 spiro atoms. The zero-order chi connectivity index (χ0) is 16.9. The largest absolute Gasteiger partial charge is 0.352 e. The fourth-order valence-electron chi connectivity index (χ4n) is 3.50. The molecule has 0 aliphatic carbocycles. The Morgan fingerprint density at radius 1 is 1.17 bits per heavy atom. The van der Waals surface area contributed by atoms with Gasteiger partial charge in [0.25, 0.3) is 5.91 Å². The number of piperidine rings is 1. The molecule has 3 heterocycles. The van der Waals surface area contributed by atoms with Crippen molar-refractivity contribution < 1.29 is 9.59 Å². The summed E-state index contributed by atoms with van der Waals surface area (Å²) < 4.78 is 0. The van der Waals surface area contributed by atoms with Gasteiger partial charge in [-0.05, 0) is 25.7 Å². The third-order valence-electron chi connectivity index (χ3n) is 5.00. The average molecular weight is 331 g/mol. The highest BCUT2D eigenvalue weighted by atomic mass is 16.2. The molecule has 1 aromatic heterocycles. The van der Waals surface area contributed by atoms with E-state index in [1.807, 2.05) is 0 Å². The third-order valence-corrected chi connectivity index (χ3v) is 5.00. The normalized spacial score (nSPS) is 21.7. The van der Waals surface area contributed by atoms with Crippen molar-refractivity contribution in [1.82, 2.24) is 19.8 Å². The molecule has 1 aromatic rings. The molecule has 24 heavy (non-hydrogen) atoms. The first kappa shape index (κ1) is 16.7. The molecule has 1 atom stereocenters. The van der Waals surface area contributed by atoms with Crippen molar-refractivity contribution in [2.24, 2.45) is 0 Å². The van der Waals surface area contributed by atoms with Gasteiger partial charge in [-0.1, -0.05) is 6.92 Å². The minimum absolute atomic E-state index is 0.106. The van der Waals surface area contributed by atoms with E-state index in [4.69, 9.17) is 0 Å². The molecule has 2 saturated heterocycles. The summed E-state index contributed by atoms with van der Waals surface area (Å²) in [6.45, 7) is 5.46. The summed E-state index contributed by atoms with van der Waals surface area (Å²) in [7, 11) is 0. The summed E-state index contributed by atoms with van der Waals surface area (Å²) in [5.41, 5.74) is 0.378. The van der Waals surface area contributed by atoms with E-state index in [-0.39, 0.29) is 5.91 Å². The van der Waals surface area contributed by atoms with Crippen LogP contribution in [0.1, 0.15) is 43.1 Å². The molecule has 2 fully saturated rings. The van der Waals surface area contributed by atoms with Crippen LogP contribution in [0, 0.1) is 0 Å². The standard InChI is InChI=1S/C17H25N5O2/c1-2-14-5-3-4-6-22(14)16-12-18-15(11-19-16)17(24)21-9-7-20(13-23)8-10-21/h11-14H,2-10H2,1H3. The van der Waals surface area contributed by atoms with Crippen LogP contribution in [0.5, 0.6) is 0 Å². The summed E-state index contributed by atoms with van der Waals surface area (Å²) in [5.74, 6) is 0.758. The Kier molecular flexibility index (Phi) is 5.27. The van der Waals surface area contributed by atoms with Crippen LogP contribution in [0.15, 0.2) is 12.4 Å². The Morgan fingerprint density at radius 3 is 2.58 bits per heavy atom. The molecule has 0 saturated carbocycles. The van der Waals surface area contributed by atoms with Crippen LogP contribution < -0.4 is 4.90 Å². The predicted molar refractivity (Wildman–Crippen MR) is 90.8 cm³/mol. The minimum Gasteiger partial charge on any atom is -0.352 e. The van der Waals surface area contributed by atoms with Crippen LogP contribution >= 0.6 is 0 Å². The summed E-state index contributed by atoms with van der Waals surface area (Å²) in [4.78, 5) is 37.8. The lowest BCUT2D eigenvalue weighted by Crippen LogP contribution is -2.48. The molecule has 1 unspecified atom stereocenters. The fourth-order valence-corrected chi connectivity index (χ4v) is 3.50. The van der Waals surface area contributed by atoms with Gasteiger partial charge in [-0.3, -0.25) is 9.59 Å². The molecule has 2 aliphatic rings. The molecule has 0 radical (unpaired) electrons. The molecular weight excluding hydrogens is 306 g/mol.